The summed E-state index contributed by atoms with van der Waals surface area (Å²) in [5.74, 6) is 0. The average molecular weight is 250 g/mol. The zero-order valence-electron chi connectivity index (χ0n) is 10.3. The van der Waals surface area contributed by atoms with Crippen LogP contribution in [0, 0.1) is 0 Å². The number of aliphatic hydroxyl groups is 1. The lowest BCUT2D eigenvalue weighted by Gasteiger charge is -2.35. The molecular weight excluding hydrogens is 232 g/mol. The molecular formula is C13H18N2O3. The maximum Gasteiger partial charge on any atom is 0.409 e. The Morgan fingerprint density at radius 3 is 2.44 bits per heavy atom. The first-order valence-electron chi connectivity index (χ1n) is 6.14. The molecule has 98 valence electrons. The van der Waals surface area contributed by atoms with E-state index in [0.29, 0.717) is 13.1 Å². The van der Waals surface area contributed by atoms with Gasteiger partial charge in [-0.2, -0.15) is 0 Å². The van der Waals surface area contributed by atoms with E-state index in [-0.39, 0.29) is 19.3 Å². The minimum absolute atomic E-state index is 0.0672. The van der Waals surface area contributed by atoms with E-state index in [1.54, 1.807) is 4.90 Å². The molecule has 1 N–H and O–H groups in total. The number of aliphatic hydroxyl groups excluding tert-OH is 1. The molecule has 1 aliphatic rings. The molecule has 0 spiro atoms. The van der Waals surface area contributed by atoms with E-state index in [1.807, 2.05) is 18.2 Å². The van der Waals surface area contributed by atoms with Crippen molar-refractivity contribution in [1.82, 2.24) is 4.90 Å². The molecule has 0 atom stereocenters. The number of benzene rings is 1. The fourth-order valence-electron chi connectivity index (χ4n) is 2.01. The van der Waals surface area contributed by atoms with Crippen molar-refractivity contribution in [3.8, 4) is 0 Å². The Bertz CT molecular complexity index is 375. The highest BCUT2D eigenvalue weighted by atomic mass is 16.6. The predicted octanol–water partition coefficient (Wildman–Crippen LogP) is 0.938. The third-order valence-corrected chi connectivity index (χ3v) is 2.98. The van der Waals surface area contributed by atoms with E-state index in [1.165, 1.54) is 5.69 Å². The van der Waals surface area contributed by atoms with Gasteiger partial charge in [-0.15, -0.1) is 0 Å². The summed E-state index contributed by atoms with van der Waals surface area (Å²) < 4.78 is 4.89. The van der Waals surface area contributed by atoms with E-state index < -0.39 is 0 Å². The van der Waals surface area contributed by atoms with E-state index in [2.05, 4.69) is 17.0 Å². The summed E-state index contributed by atoms with van der Waals surface area (Å²) in [7, 11) is 0. The lowest BCUT2D eigenvalue weighted by atomic mass is 10.2. The minimum atomic E-state index is -0.336. The van der Waals surface area contributed by atoms with Crippen molar-refractivity contribution in [3.63, 3.8) is 0 Å². The van der Waals surface area contributed by atoms with Gasteiger partial charge >= 0.3 is 6.09 Å². The van der Waals surface area contributed by atoms with Crippen LogP contribution in [0.2, 0.25) is 0 Å². The zero-order valence-corrected chi connectivity index (χ0v) is 10.3. The number of hydrogen-bond acceptors (Lipinski definition) is 4. The van der Waals surface area contributed by atoms with Gasteiger partial charge in [0.05, 0.1) is 6.61 Å². The first-order valence-corrected chi connectivity index (χ1v) is 6.14. The number of amides is 1. The van der Waals surface area contributed by atoms with Gasteiger partial charge in [0.25, 0.3) is 0 Å². The molecule has 1 fully saturated rings. The largest absolute Gasteiger partial charge is 0.447 e. The van der Waals surface area contributed by atoms with Crippen molar-refractivity contribution in [2.24, 2.45) is 0 Å². The number of carbonyl (C=O) groups is 1. The molecule has 18 heavy (non-hydrogen) atoms. The van der Waals surface area contributed by atoms with Crippen molar-refractivity contribution in [2.45, 2.75) is 0 Å². The third kappa shape index (κ3) is 3.13. The first-order chi connectivity index (χ1) is 8.81. The highest BCUT2D eigenvalue weighted by molar-refractivity contribution is 5.68. The SMILES string of the molecule is O=C(OCCO)N1CCN(c2ccccc2)CC1. The molecule has 0 saturated carbocycles. The minimum Gasteiger partial charge on any atom is -0.447 e. The van der Waals surface area contributed by atoms with Crippen molar-refractivity contribution in [2.75, 3.05) is 44.3 Å². The highest BCUT2D eigenvalue weighted by Gasteiger charge is 2.21. The number of hydrogen-bond donors (Lipinski definition) is 1. The molecule has 5 heteroatoms. The average Bonchev–Trinajstić information content (AvgIpc) is 2.46. The smallest absolute Gasteiger partial charge is 0.409 e. The van der Waals surface area contributed by atoms with Gasteiger partial charge in [-0.1, -0.05) is 18.2 Å². The van der Waals surface area contributed by atoms with E-state index in [9.17, 15) is 4.79 Å². The molecule has 1 amide bonds. The molecule has 0 aliphatic carbocycles. The molecule has 0 radical (unpaired) electrons. The fraction of sp³-hybridized carbons (Fsp3) is 0.462. The molecule has 0 aromatic heterocycles. The van der Waals surface area contributed by atoms with Crippen molar-refractivity contribution >= 4 is 11.8 Å². The third-order valence-electron chi connectivity index (χ3n) is 2.98. The van der Waals surface area contributed by atoms with Gasteiger partial charge in [-0.3, -0.25) is 0 Å². The topological polar surface area (TPSA) is 53.0 Å². The second-order valence-electron chi connectivity index (χ2n) is 4.15. The van der Waals surface area contributed by atoms with Crippen LogP contribution in [0.15, 0.2) is 30.3 Å². The maximum atomic E-state index is 11.6. The van der Waals surface area contributed by atoms with Crippen LogP contribution >= 0.6 is 0 Å². The number of carbonyl (C=O) groups excluding carboxylic acids is 1. The van der Waals surface area contributed by atoms with Gasteiger partial charge in [0.1, 0.15) is 6.61 Å². The summed E-state index contributed by atoms with van der Waals surface area (Å²) in [6, 6.07) is 10.2. The van der Waals surface area contributed by atoms with Crippen molar-refractivity contribution in [3.05, 3.63) is 30.3 Å². The Morgan fingerprint density at radius 1 is 1.17 bits per heavy atom. The second kappa shape index (κ2) is 6.26. The van der Waals surface area contributed by atoms with Gasteiger partial charge in [-0.05, 0) is 12.1 Å². The van der Waals surface area contributed by atoms with Crippen LogP contribution < -0.4 is 4.90 Å². The number of rotatable bonds is 3. The number of piperazine rings is 1. The number of para-hydroxylation sites is 1. The van der Waals surface area contributed by atoms with Gasteiger partial charge in [0.15, 0.2) is 0 Å². The maximum absolute atomic E-state index is 11.6. The summed E-state index contributed by atoms with van der Waals surface area (Å²) in [6.07, 6.45) is -0.336. The molecule has 1 aromatic carbocycles. The van der Waals surface area contributed by atoms with Crippen LogP contribution in [0.5, 0.6) is 0 Å². The van der Waals surface area contributed by atoms with E-state index >= 15 is 0 Å². The van der Waals surface area contributed by atoms with Gasteiger partial charge < -0.3 is 19.6 Å². The monoisotopic (exact) mass is 250 g/mol. The Balaban J connectivity index is 1.83. The van der Waals surface area contributed by atoms with Crippen LogP contribution in [0.4, 0.5) is 10.5 Å². The molecule has 0 bridgehead atoms. The summed E-state index contributed by atoms with van der Waals surface area (Å²) >= 11 is 0. The summed E-state index contributed by atoms with van der Waals surface area (Å²) in [5.41, 5.74) is 1.18. The molecule has 1 aliphatic heterocycles. The van der Waals surface area contributed by atoms with Gasteiger partial charge in [0, 0.05) is 31.9 Å². The number of nitrogens with zero attached hydrogens (tertiary/aromatic N) is 2. The predicted molar refractivity (Wildman–Crippen MR) is 68.7 cm³/mol. The van der Waals surface area contributed by atoms with Crippen LogP contribution in [0.1, 0.15) is 0 Å². The summed E-state index contributed by atoms with van der Waals surface area (Å²) in [4.78, 5) is 15.5. The highest BCUT2D eigenvalue weighted by Crippen LogP contribution is 2.15. The lowest BCUT2D eigenvalue weighted by Crippen LogP contribution is -2.49. The van der Waals surface area contributed by atoms with Crippen molar-refractivity contribution in [1.29, 1.82) is 0 Å². The Morgan fingerprint density at radius 2 is 1.83 bits per heavy atom. The van der Waals surface area contributed by atoms with Gasteiger partial charge in [0.2, 0.25) is 0 Å². The molecule has 2 rings (SSSR count). The molecule has 1 saturated heterocycles. The van der Waals surface area contributed by atoms with Crippen molar-refractivity contribution < 1.29 is 14.6 Å². The molecule has 5 nitrogen and oxygen atoms in total. The lowest BCUT2D eigenvalue weighted by molar-refractivity contribution is 0.0826. The number of anilines is 1. The number of ether oxygens (including phenoxy) is 1. The summed E-state index contributed by atoms with van der Waals surface area (Å²) in [5, 5.41) is 8.60. The van der Waals surface area contributed by atoms with E-state index in [0.717, 1.165) is 13.1 Å². The molecule has 1 aromatic rings. The quantitative estimate of drug-likeness (QED) is 0.867. The van der Waals surface area contributed by atoms with Crippen LogP contribution in [-0.2, 0) is 4.74 Å². The Kier molecular flexibility index (Phi) is 4.41. The van der Waals surface area contributed by atoms with Crippen LogP contribution in [0.3, 0.4) is 0 Å². The fourth-order valence-corrected chi connectivity index (χ4v) is 2.01. The zero-order chi connectivity index (χ0) is 12.8. The van der Waals surface area contributed by atoms with Crippen LogP contribution in [-0.4, -0.2) is 55.5 Å². The van der Waals surface area contributed by atoms with Gasteiger partial charge in [-0.25, -0.2) is 4.79 Å². The first kappa shape index (κ1) is 12.7. The second-order valence-corrected chi connectivity index (χ2v) is 4.15. The molecule has 1 heterocycles. The normalized spacial score (nSPS) is 15.6. The van der Waals surface area contributed by atoms with E-state index in [4.69, 9.17) is 9.84 Å². The van der Waals surface area contributed by atoms with Crippen LogP contribution in [0.25, 0.3) is 0 Å². The molecule has 0 unspecified atom stereocenters. The Hall–Kier alpha value is -1.75. The standard InChI is InChI=1S/C13H18N2O3/c16-10-11-18-13(17)15-8-6-14(7-9-15)12-4-2-1-3-5-12/h1-5,16H,6-11H2. The summed E-state index contributed by atoms with van der Waals surface area (Å²) in [6.45, 7) is 2.85. The Labute approximate surface area is 107 Å².